The van der Waals surface area contributed by atoms with Crippen molar-refractivity contribution >= 4 is 21.8 Å². The molecule has 3 rings (SSSR count). The molecule has 2 fully saturated rings. The van der Waals surface area contributed by atoms with Crippen LogP contribution in [0.3, 0.4) is 0 Å². The first kappa shape index (κ1) is 21.6. The molecule has 0 radical (unpaired) electrons. The van der Waals surface area contributed by atoms with Crippen LogP contribution >= 0.6 is 0 Å². The van der Waals surface area contributed by atoms with Gasteiger partial charge in [-0.2, -0.15) is 4.31 Å². The summed E-state index contributed by atoms with van der Waals surface area (Å²) in [6.45, 7) is 3.64. The SMILES string of the molecule is CCCS(=O)(=O)N1CCCCC1C(=O)N1CCN(C(=O)c2ccccc2O)CC1. The van der Waals surface area contributed by atoms with Crippen LogP contribution < -0.4 is 0 Å². The molecule has 9 heteroatoms. The molecule has 2 amide bonds. The first-order valence-corrected chi connectivity index (χ1v) is 11.8. The highest BCUT2D eigenvalue weighted by molar-refractivity contribution is 7.89. The lowest BCUT2D eigenvalue weighted by Crippen LogP contribution is -2.57. The minimum Gasteiger partial charge on any atom is -0.507 e. The minimum atomic E-state index is -3.44. The van der Waals surface area contributed by atoms with E-state index in [-0.39, 0.29) is 28.9 Å². The van der Waals surface area contributed by atoms with Crippen LogP contribution in [-0.2, 0) is 14.8 Å². The molecule has 160 valence electrons. The fraction of sp³-hybridized carbons (Fsp3) is 0.600. The summed E-state index contributed by atoms with van der Waals surface area (Å²) in [5, 5.41) is 9.90. The third kappa shape index (κ3) is 4.72. The molecule has 1 aromatic carbocycles. The number of rotatable bonds is 5. The Morgan fingerprint density at radius 2 is 1.69 bits per heavy atom. The van der Waals surface area contributed by atoms with E-state index in [2.05, 4.69) is 0 Å². The Labute approximate surface area is 172 Å². The standard InChI is InChI=1S/C20H29N3O5S/c1-2-15-29(27,28)23-10-6-5-8-17(23)20(26)22-13-11-21(12-14-22)19(25)16-7-3-4-9-18(16)24/h3-4,7,9,17,24H,2,5-6,8,10-15H2,1H3. The predicted molar refractivity (Wildman–Crippen MR) is 109 cm³/mol. The van der Waals surface area contributed by atoms with Gasteiger partial charge in [0.1, 0.15) is 11.8 Å². The fourth-order valence-electron chi connectivity index (χ4n) is 4.03. The summed E-state index contributed by atoms with van der Waals surface area (Å²) in [5.74, 6) is -0.436. The molecule has 0 bridgehead atoms. The molecule has 0 saturated carbocycles. The van der Waals surface area contributed by atoms with E-state index in [0.29, 0.717) is 45.6 Å². The van der Waals surface area contributed by atoms with Crippen LogP contribution in [0.5, 0.6) is 5.75 Å². The summed E-state index contributed by atoms with van der Waals surface area (Å²) in [7, 11) is -3.44. The zero-order valence-electron chi connectivity index (χ0n) is 16.8. The summed E-state index contributed by atoms with van der Waals surface area (Å²) in [4.78, 5) is 29.0. The van der Waals surface area contributed by atoms with Crippen molar-refractivity contribution in [3.63, 3.8) is 0 Å². The maximum absolute atomic E-state index is 13.1. The number of hydrogen-bond acceptors (Lipinski definition) is 5. The molecule has 1 aromatic rings. The molecule has 2 saturated heterocycles. The van der Waals surface area contributed by atoms with Crippen LogP contribution in [-0.4, -0.2) is 84.0 Å². The van der Waals surface area contributed by atoms with E-state index < -0.39 is 16.1 Å². The summed E-state index contributed by atoms with van der Waals surface area (Å²) in [6.07, 6.45) is 2.67. The van der Waals surface area contributed by atoms with E-state index in [1.807, 2.05) is 6.92 Å². The number of carbonyl (C=O) groups is 2. The van der Waals surface area contributed by atoms with Crippen LogP contribution in [0.25, 0.3) is 0 Å². The number of amides is 2. The van der Waals surface area contributed by atoms with Gasteiger partial charge in [-0.25, -0.2) is 8.42 Å². The van der Waals surface area contributed by atoms with E-state index in [1.54, 1.807) is 28.0 Å². The van der Waals surface area contributed by atoms with Crippen LogP contribution in [0.15, 0.2) is 24.3 Å². The molecule has 1 N–H and O–H groups in total. The highest BCUT2D eigenvalue weighted by atomic mass is 32.2. The Bertz CT molecular complexity index is 849. The molecule has 2 aliphatic rings. The normalized spacial score (nSPS) is 21.2. The fourth-order valence-corrected chi connectivity index (χ4v) is 5.77. The molecule has 2 heterocycles. The van der Waals surface area contributed by atoms with Crippen molar-refractivity contribution in [2.24, 2.45) is 0 Å². The topological polar surface area (TPSA) is 98.2 Å². The van der Waals surface area contributed by atoms with Gasteiger partial charge in [0.2, 0.25) is 15.9 Å². The Hall–Kier alpha value is -2.13. The lowest BCUT2D eigenvalue weighted by atomic mass is 10.0. The van der Waals surface area contributed by atoms with Gasteiger partial charge in [0.15, 0.2) is 0 Å². The van der Waals surface area contributed by atoms with Gasteiger partial charge in [0.05, 0.1) is 11.3 Å². The number of aromatic hydroxyl groups is 1. The number of sulfonamides is 1. The van der Waals surface area contributed by atoms with Crippen LogP contribution in [0, 0.1) is 0 Å². The number of hydrogen-bond donors (Lipinski definition) is 1. The number of phenols is 1. The predicted octanol–water partition coefficient (Wildman–Crippen LogP) is 1.27. The number of benzene rings is 1. The second kappa shape index (κ2) is 9.13. The molecular weight excluding hydrogens is 394 g/mol. The first-order chi connectivity index (χ1) is 13.8. The van der Waals surface area contributed by atoms with Gasteiger partial charge in [-0.05, 0) is 31.4 Å². The van der Waals surface area contributed by atoms with Gasteiger partial charge >= 0.3 is 0 Å². The number of nitrogens with zero attached hydrogens (tertiary/aromatic N) is 3. The highest BCUT2D eigenvalue weighted by Gasteiger charge is 2.39. The average Bonchev–Trinajstić information content (AvgIpc) is 2.73. The molecule has 0 spiro atoms. The minimum absolute atomic E-state index is 0.0552. The van der Waals surface area contributed by atoms with Crippen molar-refractivity contribution in [2.75, 3.05) is 38.5 Å². The zero-order valence-corrected chi connectivity index (χ0v) is 17.6. The molecule has 0 aromatic heterocycles. The molecule has 8 nitrogen and oxygen atoms in total. The van der Waals surface area contributed by atoms with Crippen LogP contribution in [0.1, 0.15) is 43.0 Å². The van der Waals surface area contributed by atoms with E-state index in [1.165, 1.54) is 10.4 Å². The molecule has 1 unspecified atom stereocenters. The summed E-state index contributed by atoms with van der Waals surface area (Å²) in [5.41, 5.74) is 0.247. The van der Waals surface area contributed by atoms with E-state index >= 15 is 0 Å². The Balaban J connectivity index is 1.64. The maximum Gasteiger partial charge on any atom is 0.257 e. The largest absolute Gasteiger partial charge is 0.507 e. The smallest absolute Gasteiger partial charge is 0.257 e. The number of piperazine rings is 1. The van der Waals surface area contributed by atoms with Gasteiger partial charge in [0, 0.05) is 32.7 Å². The third-order valence-corrected chi connectivity index (χ3v) is 7.65. The Kier molecular flexibility index (Phi) is 6.79. The van der Waals surface area contributed by atoms with Gasteiger partial charge < -0.3 is 14.9 Å². The number of para-hydroxylation sites is 1. The summed E-state index contributed by atoms with van der Waals surface area (Å²) in [6, 6.07) is 5.77. The Morgan fingerprint density at radius 1 is 1.03 bits per heavy atom. The molecule has 29 heavy (non-hydrogen) atoms. The number of carbonyl (C=O) groups excluding carboxylic acids is 2. The van der Waals surface area contributed by atoms with Crippen LogP contribution in [0.4, 0.5) is 0 Å². The van der Waals surface area contributed by atoms with Crippen molar-refractivity contribution in [1.29, 1.82) is 0 Å². The molecular formula is C20H29N3O5S. The first-order valence-electron chi connectivity index (χ1n) is 10.2. The maximum atomic E-state index is 13.1. The number of phenolic OH excluding ortho intramolecular Hbond substituents is 1. The Morgan fingerprint density at radius 3 is 2.34 bits per heavy atom. The van der Waals surface area contributed by atoms with Crippen LogP contribution in [0.2, 0.25) is 0 Å². The van der Waals surface area contributed by atoms with Gasteiger partial charge in [-0.1, -0.05) is 25.5 Å². The molecule has 2 aliphatic heterocycles. The third-order valence-electron chi connectivity index (χ3n) is 5.57. The van der Waals surface area contributed by atoms with E-state index in [0.717, 1.165) is 12.8 Å². The van der Waals surface area contributed by atoms with E-state index in [9.17, 15) is 23.1 Å². The van der Waals surface area contributed by atoms with Crippen molar-refractivity contribution in [2.45, 2.75) is 38.6 Å². The average molecular weight is 424 g/mol. The number of piperidine rings is 1. The highest BCUT2D eigenvalue weighted by Crippen LogP contribution is 2.24. The lowest BCUT2D eigenvalue weighted by Gasteiger charge is -2.40. The van der Waals surface area contributed by atoms with Crippen molar-refractivity contribution in [3.8, 4) is 5.75 Å². The second-order valence-electron chi connectivity index (χ2n) is 7.57. The summed E-state index contributed by atoms with van der Waals surface area (Å²) < 4.78 is 26.6. The van der Waals surface area contributed by atoms with Crippen molar-refractivity contribution in [3.05, 3.63) is 29.8 Å². The van der Waals surface area contributed by atoms with Gasteiger partial charge in [-0.15, -0.1) is 0 Å². The van der Waals surface area contributed by atoms with Crippen molar-refractivity contribution < 1.29 is 23.1 Å². The summed E-state index contributed by atoms with van der Waals surface area (Å²) >= 11 is 0. The lowest BCUT2D eigenvalue weighted by molar-refractivity contribution is -0.137. The second-order valence-corrected chi connectivity index (χ2v) is 9.61. The van der Waals surface area contributed by atoms with E-state index in [4.69, 9.17) is 0 Å². The molecule has 0 aliphatic carbocycles. The van der Waals surface area contributed by atoms with Gasteiger partial charge in [-0.3, -0.25) is 9.59 Å². The zero-order chi connectivity index (χ0) is 21.0. The molecule has 1 atom stereocenters. The van der Waals surface area contributed by atoms with Crippen molar-refractivity contribution in [1.82, 2.24) is 14.1 Å². The quantitative estimate of drug-likeness (QED) is 0.769. The monoisotopic (exact) mass is 423 g/mol. The van der Waals surface area contributed by atoms with Gasteiger partial charge in [0.25, 0.3) is 5.91 Å².